The van der Waals surface area contributed by atoms with Crippen LogP contribution >= 0.6 is 0 Å². The summed E-state index contributed by atoms with van der Waals surface area (Å²) < 4.78 is 26.1. The second-order valence-corrected chi connectivity index (χ2v) is 21.3. The van der Waals surface area contributed by atoms with Crippen LogP contribution in [0.3, 0.4) is 0 Å². The van der Waals surface area contributed by atoms with Crippen LogP contribution in [-0.2, 0) is 32.0 Å². The quantitative estimate of drug-likeness (QED) is 0.0268. The molecule has 0 spiro atoms. The second kappa shape index (κ2) is 25.5. The van der Waals surface area contributed by atoms with Gasteiger partial charge in [-0.2, -0.15) is 0 Å². The van der Waals surface area contributed by atoms with E-state index in [1.807, 2.05) is 65.6 Å². The maximum Gasteiger partial charge on any atom is 0.306 e. The highest BCUT2D eigenvalue weighted by atomic mass is 16.5. The molecule has 73 heavy (non-hydrogen) atoms. The maximum absolute atomic E-state index is 13.5. The van der Waals surface area contributed by atoms with E-state index < -0.39 is 0 Å². The van der Waals surface area contributed by atoms with Crippen molar-refractivity contribution < 1.29 is 28.5 Å². The lowest BCUT2D eigenvalue weighted by Crippen LogP contribution is -2.55. The van der Waals surface area contributed by atoms with Crippen molar-refractivity contribution >= 4 is 33.7 Å². The molecule has 0 amide bonds. The summed E-state index contributed by atoms with van der Waals surface area (Å²) in [4.78, 5) is 41.4. The van der Waals surface area contributed by atoms with Crippen molar-refractivity contribution in [3.8, 4) is 11.5 Å². The summed E-state index contributed by atoms with van der Waals surface area (Å²) in [5.74, 6) is 3.39. The molecule has 4 bridgehead atoms. The van der Waals surface area contributed by atoms with Gasteiger partial charge < -0.3 is 18.9 Å². The number of esters is 2. The molecule has 0 saturated carbocycles. The average molecular weight is 994 g/mol. The van der Waals surface area contributed by atoms with E-state index in [1.54, 1.807) is 14.2 Å². The molecule has 6 aliphatic heterocycles. The van der Waals surface area contributed by atoms with E-state index in [9.17, 15) is 9.59 Å². The van der Waals surface area contributed by atoms with Gasteiger partial charge in [-0.3, -0.25) is 34.0 Å². The molecule has 0 N–H and O–H groups in total. The van der Waals surface area contributed by atoms with Crippen LogP contribution in [-0.4, -0.2) is 99.2 Å². The molecule has 2 unspecified atom stereocenters. The highest BCUT2D eigenvalue weighted by Gasteiger charge is 2.46. The number of rotatable bonds is 28. The molecule has 5 aromatic rings. The summed E-state index contributed by atoms with van der Waals surface area (Å²) >= 11 is 0. The predicted octanol–water partition coefficient (Wildman–Crippen LogP) is 11.8. The molecule has 0 aliphatic carbocycles. The zero-order valence-electron chi connectivity index (χ0n) is 43.6. The molecular weight excluding hydrogens is 915 g/mol. The maximum atomic E-state index is 13.5. The fraction of sp³-hybridized carbons (Fsp3) is 0.567. The molecule has 11 rings (SSSR count). The first-order valence-corrected chi connectivity index (χ1v) is 27.7. The first-order chi connectivity index (χ1) is 35.8. The van der Waals surface area contributed by atoms with Crippen LogP contribution in [0.5, 0.6) is 11.5 Å². The van der Waals surface area contributed by atoms with Crippen LogP contribution in [0.4, 0.5) is 0 Å². The molecule has 390 valence electrons. The van der Waals surface area contributed by atoms with Gasteiger partial charge in [0.2, 0.25) is 0 Å². The van der Waals surface area contributed by atoms with Gasteiger partial charge in [-0.05, 0) is 143 Å². The van der Waals surface area contributed by atoms with Crippen LogP contribution in [0.25, 0.3) is 21.8 Å². The summed E-state index contributed by atoms with van der Waals surface area (Å²) in [5, 5.41) is 10.8. The lowest BCUT2D eigenvalue weighted by Gasteiger charge is -2.51. The van der Waals surface area contributed by atoms with E-state index >= 15 is 0 Å². The largest absolute Gasteiger partial charge is 0.497 e. The van der Waals surface area contributed by atoms with Crippen LogP contribution in [0, 0.1) is 23.7 Å². The van der Waals surface area contributed by atoms with Crippen molar-refractivity contribution in [3.05, 3.63) is 109 Å². The Morgan fingerprint density at radius 3 is 1.59 bits per heavy atom. The SMILES string of the molecule is C=C[C@H]1CN2CC[C@H]1C[C@H]2[C@H](OC(=O)CCCCCCCCc1cn(CCCCCCCCC(=O)O[C@H](c2ccnc3ccc(OC)cc23)[C@@H]2C[C@@H]3CCN2C[C@@H]3C=C)nn1)c1ccnc2ccc(OC)cc12. The molecule has 13 heteroatoms. The molecule has 3 aromatic heterocycles. The number of unbranched alkanes of at least 4 members (excludes halogenated alkanes) is 10. The Bertz CT molecular complexity index is 2460. The van der Waals surface area contributed by atoms with Gasteiger partial charge in [-0.15, -0.1) is 18.3 Å². The number of hydrogen-bond acceptors (Lipinski definition) is 12. The van der Waals surface area contributed by atoms with Crippen molar-refractivity contribution in [1.82, 2.24) is 34.8 Å². The lowest BCUT2D eigenvalue weighted by atomic mass is 9.73. The van der Waals surface area contributed by atoms with Crippen molar-refractivity contribution in [2.45, 2.75) is 153 Å². The van der Waals surface area contributed by atoms with Crippen LogP contribution in [0.2, 0.25) is 0 Å². The number of pyridine rings is 2. The van der Waals surface area contributed by atoms with E-state index in [0.29, 0.717) is 36.5 Å². The molecule has 0 radical (unpaired) electrons. The summed E-state index contributed by atoms with van der Waals surface area (Å²) in [6.45, 7) is 13.1. The standard InChI is InChI=1S/C60H79N7O6/c1-5-42-39-65-33-28-44(42)35-55(65)59(49-26-30-61-53-24-22-47(70-3)37-51(49)53)72-57(68)20-16-12-8-7-11-15-19-46-41-67(64-63-46)32-18-14-10-9-13-17-21-58(69)73-60(56-36-45-29-34-66(56)40-43(45)6-2)50-27-31-62-54-25-23-48(71-4)38-52(50)54/h5-6,22-27,30-31,37-38,41-45,55-56,59-60H,1-2,7-21,28-29,32-36,39-40H2,3-4H3/t42-,43-,44-,45-,55-,56-,59+,60+/m0/s1. The first-order valence-electron chi connectivity index (χ1n) is 27.7. The fourth-order valence-electron chi connectivity index (χ4n) is 12.6. The van der Waals surface area contributed by atoms with Crippen molar-refractivity contribution in [2.24, 2.45) is 23.7 Å². The van der Waals surface area contributed by atoms with E-state index in [0.717, 1.165) is 192 Å². The first kappa shape index (κ1) is 52.2. The third kappa shape index (κ3) is 13.0. The van der Waals surface area contributed by atoms with Gasteiger partial charge in [-0.1, -0.05) is 68.7 Å². The molecule has 6 saturated heterocycles. The van der Waals surface area contributed by atoms with E-state index in [2.05, 4.69) is 61.6 Å². The van der Waals surface area contributed by atoms with Gasteiger partial charge in [0.05, 0.1) is 43.0 Å². The Labute approximate surface area is 433 Å². The van der Waals surface area contributed by atoms with Crippen LogP contribution in [0.15, 0.2) is 92.4 Å². The van der Waals surface area contributed by atoms with Gasteiger partial charge in [-0.25, -0.2) is 0 Å². The number of carbonyl (C=O) groups is 2. The van der Waals surface area contributed by atoms with Gasteiger partial charge in [0.15, 0.2) is 0 Å². The van der Waals surface area contributed by atoms with Gasteiger partial charge >= 0.3 is 11.9 Å². The van der Waals surface area contributed by atoms with Crippen molar-refractivity contribution in [3.63, 3.8) is 0 Å². The molecule has 10 atom stereocenters. The topological polar surface area (TPSA) is 134 Å². The number of piperidine rings is 6. The van der Waals surface area contributed by atoms with Crippen LogP contribution < -0.4 is 9.47 Å². The molecular formula is C60H79N7O6. The third-order valence-corrected chi connectivity index (χ3v) is 16.8. The van der Waals surface area contributed by atoms with Gasteiger partial charge in [0, 0.05) is 73.0 Å². The Balaban J connectivity index is 0.641. The number of aryl methyl sites for hydroxylation is 2. The van der Waals surface area contributed by atoms with Crippen molar-refractivity contribution in [2.75, 3.05) is 40.4 Å². The smallest absolute Gasteiger partial charge is 0.306 e. The van der Waals surface area contributed by atoms with E-state index in [1.165, 1.54) is 0 Å². The van der Waals surface area contributed by atoms with E-state index in [-0.39, 0.29) is 36.2 Å². The second-order valence-electron chi connectivity index (χ2n) is 21.3. The lowest BCUT2D eigenvalue weighted by molar-refractivity contribution is -0.158. The number of methoxy groups -OCH3 is 2. The highest BCUT2D eigenvalue weighted by Crippen LogP contribution is 2.46. The third-order valence-electron chi connectivity index (χ3n) is 16.8. The normalized spacial score (nSPS) is 24.0. The van der Waals surface area contributed by atoms with Gasteiger partial charge in [0.1, 0.15) is 23.7 Å². The van der Waals surface area contributed by atoms with Crippen LogP contribution in [0.1, 0.15) is 145 Å². The molecule has 9 heterocycles. The Hall–Kier alpha value is -5.66. The summed E-state index contributed by atoms with van der Waals surface area (Å²) in [6.07, 6.45) is 27.9. The summed E-state index contributed by atoms with van der Waals surface area (Å²) in [7, 11) is 3.35. The van der Waals surface area contributed by atoms with E-state index in [4.69, 9.17) is 18.9 Å². The molecule has 6 fully saturated rings. The number of carbonyl (C=O) groups excluding carboxylic acids is 2. The highest BCUT2D eigenvalue weighted by molar-refractivity contribution is 5.85. The predicted molar refractivity (Wildman–Crippen MR) is 286 cm³/mol. The number of aromatic nitrogens is 5. The zero-order chi connectivity index (χ0) is 50.5. The molecule has 6 aliphatic rings. The number of fused-ring (bicyclic) bond motifs is 8. The number of nitrogens with zero attached hydrogens (tertiary/aromatic N) is 7. The van der Waals surface area contributed by atoms with Gasteiger partial charge in [0.25, 0.3) is 0 Å². The average Bonchev–Trinajstić information content (AvgIpc) is 3.89. The molecule has 2 aromatic carbocycles. The molecule has 13 nitrogen and oxygen atoms in total. The number of ether oxygens (including phenoxy) is 4. The number of hydrogen-bond donors (Lipinski definition) is 0. The van der Waals surface area contributed by atoms with Crippen molar-refractivity contribution in [1.29, 1.82) is 0 Å². The summed E-state index contributed by atoms with van der Waals surface area (Å²) in [5.41, 5.74) is 4.83. The monoisotopic (exact) mass is 994 g/mol. The minimum absolute atomic E-state index is 0.122. The zero-order valence-corrected chi connectivity index (χ0v) is 43.6. The Morgan fingerprint density at radius 1 is 0.644 bits per heavy atom. The fourth-order valence-corrected chi connectivity index (χ4v) is 12.6. The number of benzene rings is 2. The minimum Gasteiger partial charge on any atom is -0.497 e. The summed E-state index contributed by atoms with van der Waals surface area (Å²) in [6, 6.07) is 16.2. The Morgan fingerprint density at radius 2 is 1.12 bits per heavy atom. The Kier molecular flexibility index (Phi) is 18.3. The minimum atomic E-state index is -0.365.